The van der Waals surface area contributed by atoms with Gasteiger partial charge in [0, 0.05) is 13.0 Å². The molecule has 2 aromatic rings. The Morgan fingerprint density at radius 2 is 2.00 bits per heavy atom. The third-order valence-electron chi connectivity index (χ3n) is 3.08. The molecular formula is C13H18N2O3S. The van der Waals surface area contributed by atoms with Crippen LogP contribution in [0.1, 0.15) is 25.6 Å². The molecule has 1 aromatic heterocycles. The van der Waals surface area contributed by atoms with E-state index in [-0.39, 0.29) is 5.75 Å². The van der Waals surface area contributed by atoms with Gasteiger partial charge in [0.1, 0.15) is 5.82 Å². The predicted molar refractivity (Wildman–Crippen MR) is 74.8 cm³/mol. The van der Waals surface area contributed by atoms with Gasteiger partial charge in [-0.2, -0.15) is 8.42 Å². The highest BCUT2D eigenvalue weighted by Gasteiger charge is 2.09. The van der Waals surface area contributed by atoms with E-state index in [9.17, 15) is 8.42 Å². The predicted octanol–water partition coefficient (Wildman–Crippen LogP) is 2.27. The molecule has 0 fully saturated rings. The van der Waals surface area contributed by atoms with Crippen molar-refractivity contribution in [3.8, 4) is 0 Å². The van der Waals surface area contributed by atoms with Crippen LogP contribution in [0.15, 0.2) is 24.3 Å². The number of rotatable bonds is 6. The number of para-hydroxylation sites is 2. The maximum Gasteiger partial charge on any atom is 0.264 e. The number of hydrogen-bond acceptors (Lipinski definition) is 3. The van der Waals surface area contributed by atoms with E-state index in [0.717, 1.165) is 29.8 Å². The molecule has 0 atom stereocenters. The summed E-state index contributed by atoms with van der Waals surface area (Å²) in [4.78, 5) is 4.55. The number of imidazole rings is 1. The van der Waals surface area contributed by atoms with Crippen LogP contribution in [-0.4, -0.2) is 28.3 Å². The highest BCUT2D eigenvalue weighted by Crippen LogP contribution is 2.17. The van der Waals surface area contributed by atoms with E-state index < -0.39 is 10.1 Å². The summed E-state index contributed by atoms with van der Waals surface area (Å²) in [7, 11) is -3.85. The number of aromatic nitrogens is 2. The van der Waals surface area contributed by atoms with Crippen molar-refractivity contribution in [2.45, 2.75) is 32.7 Å². The Morgan fingerprint density at radius 3 is 2.68 bits per heavy atom. The van der Waals surface area contributed by atoms with Crippen LogP contribution in [0, 0.1) is 0 Å². The number of benzene rings is 1. The Kier molecular flexibility index (Phi) is 4.21. The summed E-state index contributed by atoms with van der Waals surface area (Å²) in [5.74, 6) is 0.828. The van der Waals surface area contributed by atoms with E-state index >= 15 is 0 Å². The van der Waals surface area contributed by atoms with Gasteiger partial charge in [0.25, 0.3) is 10.1 Å². The minimum Gasteiger partial charge on any atom is -0.328 e. The topological polar surface area (TPSA) is 72.2 Å². The SMILES string of the molecule is CCc1nc2ccccc2n1CCCCS(=O)(=O)O. The summed E-state index contributed by atoms with van der Waals surface area (Å²) in [5, 5.41) is 0. The molecule has 0 amide bonds. The van der Waals surface area contributed by atoms with Crippen molar-refractivity contribution < 1.29 is 13.0 Å². The van der Waals surface area contributed by atoms with Gasteiger partial charge in [-0.3, -0.25) is 4.55 Å². The first-order valence-electron chi connectivity index (χ1n) is 6.40. The summed E-state index contributed by atoms with van der Waals surface area (Å²) >= 11 is 0. The molecule has 1 N–H and O–H groups in total. The van der Waals surface area contributed by atoms with Crippen molar-refractivity contribution in [1.29, 1.82) is 0 Å². The molecule has 0 aliphatic rings. The number of aryl methyl sites for hydroxylation is 2. The fourth-order valence-electron chi connectivity index (χ4n) is 2.20. The van der Waals surface area contributed by atoms with Crippen LogP contribution >= 0.6 is 0 Å². The third-order valence-corrected chi connectivity index (χ3v) is 3.89. The van der Waals surface area contributed by atoms with Crippen LogP contribution in [0.4, 0.5) is 0 Å². The Morgan fingerprint density at radius 1 is 1.26 bits per heavy atom. The first kappa shape index (κ1) is 14.0. The number of fused-ring (bicyclic) bond motifs is 1. The van der Waals surface area contributed by atoms with Crippen LogP contribution < -0.4 is 0 Å². The maximum absolute atomic E-state index is 10.7. The molecule has 0 saturated carbocycles. The lowest BCUT2D eigenvalue weighted by Crippen LogP contribution is -2.07. The molecule has 0 aliphatic carbocycles. The van der Waals surface area contributed by atoms with Crippen LogP contribution in [0.3, 0.4) is 0 Å². The van der Waals surface area contributed by atoms with Crippen LogP contribution in [0.25, 0.3) is 11.0 Å². The van der Waals surface area contributed by atoms with Gasteiger partial charge in [-0.05, 0) is 25.0 Å². The van der Waals surface area contributed by atoms with Crippen molar-refractivity contribution in [2.75, 3.05) is 5.75 Å². The van der Waals surface area contributed by atoms with Crippen molar-refractivity contribution in [1.82, 2.24) is 9.55 Å². The summed E-state index contributed by atoms with van der Waals surface area (Å²) in [6.07, 6.45) is 1.99. The van der Waals surface area contributed by atoms with E-state index in [4.69, 9.17) is 4.55 Å². The first-order chi connectivity index (χ1) is 9.01. The van der Waals surface area contributed by atoms with Gasteiger partial charge in [-0.15, -0.1) is 0 Å². The van der Waals surface area contributed by atoms with Crippen molar-refractivity contribution in [2.24, 2.45) is 0 Å². The molecule has 0 unspecified atom stereocenters. The molecule has 0 spiro atoms. The van der Waals surface area contributed by atoms with Crippen LogP contribution in [0.2, 0.25) is 0 Å². The van der Waals surface area contributed by atoms with Crippen LogP contribution in [-0.2, 0) is 23.1 Å². The number of unbranched alkanes of at least 4 members (excludes halogenated alkanes) is 1. The van der Waals surface area contributed by atoms with E-state index in [1.165, 1.54) is 0 Å². The lowest BCUT2D eigenvalue weighted by atomic mass is 10.3. The molecule has 19 heavy (non-hydrogen) atoms. The highest BCUT2D eigenvalue weighted by atomic mass is 32.2. The minimum atomic E-state index is -3.85. The Balaban J connectivity index is 2.11. The first-order valence-corrected chi connectivity index (χ1v) is 8.01. The second-order valence-corrected chi connectivity index (χ2v) is 6.09. The largest absolute Gasteiger partial charge is 0.328 e. The number of nitrogens with zero attached hydrogens (tertiary/aromatic N) is 2. The Labute approximate surface area is 113 Å². The second-order valence-electron chi connectivity index (χ2n) is 4.52. The van der Waals surface area contributed by atoms with Crippen LogP contribution in [0.5, 0.6) is 0 Å². The molecule has 0 radical (unpaired) electrons. The van der Waals surface area contributed by atoms with E-state index in [1.807, 2.05) is 24.3 Å². The van der Waals surface area contributed by atoms with Crippen molar-refractivity contribution in [3.63, 3.8) is 0 Å². The zero-order valence-corrected chi connectivity index (χ0v) is 11.7. The Hall–Kier alpha value is -1.40. The van der Waals surface area contributed by atoms with Gasteiger partial charge in [-0.1, -0.05) is 19.1 Å². The molecular weight excluding hydrogens is 264 g/mol. The van der Waals surface area contributed by atoms with E-state index in [0.29, 0.717) is 12.8 Å². The van der Waals surface area contributed by atoms with Gasteiger partial charge < -0.3 is 4.57 Å². The van der Waals surface area contributed by atoms with Gasteiger partial charge in [0.15, 0.2) is 0 Å². The van der Waals surface area contributed by atoms with Gasteiger partial charge in [0.2, 0.25) is 0 Å². The fourth-order valence-corrected chi connectivity index (χ4v) is 2.77. The lowest BCUT2D eigenvalue weighted by Gasteiger charge is -2.07. The molecule has 1 heterocycles. The van der Waals surface area contributed by atoms with Crippen molar-refractivity contribution in [3.05, 3.63) is 30.1 Å². The summed E-state index contributed by atoms with van der Waals surface area (Å²) in [5.41, 5.74) is 2.04. The molecule has 6 heteroatoms. The zero-order chi connectivity index (χ0) is 13.9. The average Bonchev–Trinajstić information content (AvgIpc) is 2.71. The molecule has 2 rings (SSSR count). The maximum atomic E-state index is 10.7. The smallest absolute Gasteiger partial charge is 0.264 e. The van der Waals surface area contributed by atoms with Gasteiger partial charge in [-0.25, -0.2) is 4.98 Å². The Bertz CT molecular complexity index is 662. The molecule has 104 valence electrons. The van der Waals surface area contributed by atoms with Crippen molar-refractivity contribution >= 4 is 21.2 Å². The third kappa shape index (κ3) is 3.54. The monoisotopic (exact) mass is 282 g/mol. The molecule has 0 saturated heterocycles. The summed E-state index contributed by atoms with van der Waals surface area (Å²) in [6.45, 7) is 2.77. The second kappa shape index (κ2) is 5.71. The molecule has 0 bridgehead atoms. The fraction of sp³-hybridized carbons (Fsp3) is 0.462. The minimum absolute atomic E-state index is 0.179. The molecule has 0 aliphatic heterocycles. The average molecular weight is 282 g/mol. The van der Waals surface area contributed by atoms with E-state index in [1.54, 1.807) is 0 Å². The van der Waals surface area contributed by atoms with Gasteiger partial charge in [0.05, 0.1) is 16.8 Å². The highest BCUT2D eigenvalue weighted by molar-refractivity contribution is 7.85. The molecule has 1 aromatic carbocycles. The number of hydrogen-bond donors (Lipinski definition) is 1. The standard InChI is InChI=1S/C13H18N2O3S/c1-2-13-14-11-7-3-4-8-12(11)15(13)9-5-6-10-19(16,17)18/h3-4,7-8H,2,5-6,9-10H2,1H3,(H,16,17,18). The normalized spacial score (nSPS) is 12.1. The lowest BCUT2D eigenvalue weighted by molar-refractivity contribution is 0.478. The van der Waals surface area contributed by atoms with Gasteiger partial charge >= 0.3 is 0 Å². The van der Waals surface area contributed by atoms with E-state index in [2.05, 4.69) is 16.5 Å². The zero-order valence-electron chi connectivity index (χ0n) is 10.9. The molecule has 5 nitrogen and oxygen atoms in total. The summed E-state index contributed by atoms with van der Waals surface area (Å²) in [6, 6.07) is 7.92. The quantitative estimate of drug-likeness (QED) is 0.651. The summed E-state index contributed by atoms with van der Waals surface area (Å²) < 4.78 is 32.2.